The molecule has 11 aliphatic rings. The third-order valence-electron chi connectivity index (χ3n) is 16.4. The van der Waals surface area contributed by atoms with E-state index in [1.165, 1.54) is 28.8 Å². The predicted octanol–water partition coefficient (Wildman–Crippen LogP) is 4.58. The zero-order valence-electron chi connectivity index (χ0n) is 27.9. The lowest BCUT2D eigenvalue weighted by molar-refractivity contribution is -0.149. The Morgan fingerprint density at radius 3 is 2.49 bits per heavy atom. The highest BCUT2D eigenvalue weighted by molar-refractivity contribution is 6.06. The number of allylic oxidation sites excluding steroid dienone is 1. The van der Waals surface area contributed by atoms with E-state index in [1.54, 1.807) is 5.57 Å². The highest BCUT2D eigenvalue weighted by Gasteiger charge is 2.76. The van der Waals surface area contributed by atoms with Crippen molar-refractivity contribution < 1.29 is 14.3 Å². The van der Waals surface area contributed by atoms with Gasteiger partial charge in [-0.2, -0.15) is 0 Å². The minimum absolute atomic E-state index is 0.0123. The van der Waals surface area contributed by atoms with Gasteiger partial charge in [0.05, 0.1) is 30.7 Å². The number of hydrogen-bond donors (Lipinski definition) is 0. The van der Waals surface area contributed by atoms with Crippen molar-refractivity contribution in [2.75, 3.05) is 36.0 Å². The summed E-state index contributed by atoms with van der Waals surface area (Å²) in [5, 5.41) is 0. The molecule has 2 unspecified atom stereocenters. The number of piperidine rings is 3. The lowest BCUT2D eigenvalue weighted by atomic mass is 9.52. The van der Waals surface area contributed by atoms with E-state index in [0.717, 1.165) is 44.6 Å². The number of nitrogens with zero attached hydrogens (tertiary/aromatic N) is 4. The zero-order chi connectivity index (χ0) is 32.1. The smallest absolute Gasteiger partial charge is 0.250 e. The highest BCUT2D eigenvalue weighted by Crippen LogP contribution is 2.70. The maximum Gasteiger partial charge on any atom is 0.250 e. The fourth-order valence-corrected chi connectivity index (χ4v) is 15.2. The molecule has 2 aromatic carbocycles. The van der Waals surface area contributed by atoms with Crippen LogP contribution < -0.4 is 9.80 Å². The van der Waals surface area contributed by atoms with Crippen LogP contribution in [0.5, 0.6) is 0 Å². The second-order valence-corrected chi connectivity index (χ2v) is 17.3. The number of para-hydroxylation sites is 2. The Balaban J connectivity index is 1.02. The summed E-state index contributed by atoms with van der Waals surface area (Å²) < 4.78 is 7.14. The first kappa shape index (κ1) is 27.2. The molecule has 2 aromatic rings. The first-order valence-electron chi connectivity index (χ1n) is 19.0. The van der Waals surface area contributed by atoms with E-state index >= 15 is 4.79 Å². The van der Waals surface area contributed by atoms with Gasteiger partial charge in [-0.05, 0) is 80.3 Å². The Labute approximate surface area is 287 Å². The van der Waals surface area contributed by atoms with Gasteiger partial charge in [0.1, 0.15) is 0 Å². The van der Waals surface area contributed by atoms with Crippen molar-refractivity contribution >= 4 is 23.2 Å². The lowest BCUT2D eigenvalue weighted by Crippen LogP contribution is -2.73. The number of hydrogen-bond acceptors (Lipinski definition) is 5. The molecule has 0 aromatic heterocycles. The van der Waals surface area contributed by atoms with Crippen molar-refractivity contribution in [3.8, 4) is 0 Å². The third-order valence-corrected chi connectivity index (χ3v) is 16.4. The van der Waals surface area contributed by atoms with E-state index < -0.39 is 0 Å². The molecule has 13 atom stereocenters. The van der Waals surface area contributed by atoms with Crippen molar-refractivity contribution in [2.24, 2.45) is 29.6 Å². The Hall–Kier alpha value is -3.52. The van der Waals surface area contributed by atoms with Gasteiger partial charge in [0, 0.05) is 65.3 Å². The van der Waals surface area contributed by atoms with Gasteiger partial charge < -0.3 is 14.5 Å². The van der Waals surface area contributed by atoms with Crippen molar-refractivity contribution in [1.29, 1.82) is 0 Å². The SMILES string of the molecule is C/C=C1\CN2[C@@H]([C@@H]3C(=O)N4c5ccccc5C56CCN7CC8=CCO[C@@H]3[C@H]([C@H]45)[C@H]8C[C@H]76)CC34c5ccccc5N5C(=O)C=C[C@@H]([C@H]53)[C@H]1C[C@H]24. The molecule has 2 saturated carbocycles. The second-order valence-electron chi connectivity index (χ2n) is 17.3. The fraction of sp³-hybridized carbons (Fsp3) is 0.524. The Morgan fingerprint density at radius 2 is 1.65 bits per heavy atom. The summed E-state index contributed by atoms with van der Waals surface area (Å²) >= 11 is 0. The highest BCUT2D eigenvalue weighted by atomic mass is 16.5. The summed E-state index contributed by atoms with van der Waals surface area (Å²) in [5.74, 6) is 1.61. The summed E-state index contributed by atoms with van der Waals surface area (Å²) in [6, 6.07) is 18.8. The van der Waals surface area contributed by atoms with Gasteiger partial charge in [0.15, 0.2) is 0 Å². The monoisotopic (exact) mass is 650 g/mol. The molecule has 2 amide bonds. The first-order chi connectivity index (χ1) is 24.1. The molecule has 7 fully saturated rings. The van der Waals surface area contributed by atoms with Crippen molar-refractivity contribution in [3.05, 3.63) is 95.1 Å². The number of amides is 2. The van der Waals surface area contributed by atoms with Gasteiger partial charge in [-0.15, -0.1) is 0 Å². The van der Waals surface area contributed by atoms with E-state index in [2.05, 4.69) is 93.3 Å². The van der Waals surface area contributed by atoms with E-state index in [1.807, 2.05) is 6.08 Å². The maximum absolute atomic E-state index is 15.8. The number of anilines is 2. The number of carbonyl (C=O) groups excluding carboxylic acids is 2. The minimum Gasteiger partial charge on any atom is -0.373 e. The molecule has 248 valence electrons. The van der Waals surface area contributed by atoms with Crippen LogP contribution in [0.1, 0.15) is 43.7 Å². The van der Waals surface area contributed by atoms with Crippen LogP contribution >= 0.6 is 0 Å². The number of benzene rings is 2. The van der Waals surface area contributed by atoms with E-state index in [9.17, 15) is 4.79 Å². The van der Waals surface area contributed by atoms with Gasteiger partial charge in [-0.3, -0.25) is 19.4 Å². The molecule has 9 aliphatic heterocycles. The number of fused-ring (bicyclic) bond motifs is 6. The Kier molecular flexibility index (Phi) is 4.82. The van der Waals surface area contributed by atoms with Crippen LogP contribution in [-0.2, 0) is 25.2 Å². The molecular formula is C42H42N4O3. The Bertz CT molecular complexity index is 2020. The molecule has 2 aliphatic carbocycles. The molecule has 2 spiro atoms. The normalized spacial score (nSPS) is 48.1. The minimum atomic E-state index is -0.252. The summed E-state index contributed by atoms with van der Waals surface area (Å²) in [7, 11) is 0. The summed E-state index contributed by atoms with van der Waals surface area (Å²) in [6.45, 7) is 5.88. The molecule has 7 nitrogen and oxygen atoms in total. The molecule has 4 bridgehead atoms. The van der Waals surface area contributed by atoms with Gasteiger partial charge >= 0.3 is 0 Å². The van der Waals surface area contributed by atoms with Crippen LogP contribution in [0.4, 0.5) is 11.4 Å². The predicted molar refractivity (Wildman–Crippen MR) is 185 cm³/mol. The summed E-state index contributed by atoms with van der Waals surface area (Å²) in [4.78, 5) is 39.7. The van der Waals surface area contributed by atoms with Crippen molar-refractivity contribution in [1.82, 2.24) is 9.80 Å². The maximum atomic E-state index is 15.8. The topological polar surface area (TPSA) is 56.3 Å². The van der Waals surface area contributed by atoms with Crippen LogP contribution in [0.15, 0.2) is 84.0 Å². The number of carbonyl (C=O) groups is 2. The Morgan fingerprint density at radius 1 is 0.878 bits per heavy atom. The van der Waals surface area contributed by atoms with Crippen LogP contribution in [0, 0.1) is 29.6 Å². The molecule has 5 saturated heterocycles. The summed E-state index contributed by atoms with van der Waals surface area (Å²) in [6.07, 6.45) is 13.0. The quantitative estimate of drug-likeness (QED) is 0.424. The standard InChI is InChI=1S/C42H42N4O3/c1-2-22-21-44-31(19-42-28-8-4-5-9-29(28)45-34(47)12-11-24(38(42)45)25(22)17-33(42)44)36-37-35-26-18-32-41(14-15-43(32)20-23(26)13-16-49-37)27-7-3-6-10-30(27)46(39(35)41)40(36)48/h2-13,24-26,31-33,35-39H,14-21H2,1H3/b22-2+/t24-,25+,26+,31-,32+,33+,35-,36+,37-,38+,39+,41?,42?/m1/s1. The molecule has 49 heavy (non-hydrogen) atoms. The molecule has 9 heterocycles. The molecule has 13 rings (SSSR count). The van der Waals surface area contributed by atoms with E-state index in [-0.39, 0.29) is 58.8 Å². The van der Waals surface area contributed by atoms with Crippen LogP contribution in [0.2, 0.25) is 0 Å². The van der Waals surface area contributed by atoms with Crippen molar-refractivity contribution in [3.63, 3.8) is 0 Å². The zero-order valence-corrected chi connectivity index (χ0v) is 27.9. The van der Waals surface area contributed by atoms with E-state index in [4.69, 9.17) is 4.74 Å². The van der Waals surface area contributed by atoms with Gasteiger partial charge in [0.25, 0.3) is 5.91 Å². The summed E-state index contributed by atoms with van der Waals surface area (Å²) in [5.41, 5.74) is 7.85. The van der Waals surface area contributed by atoms with Gasteiger partial charge in [-0.25, -0.2) is 0 Å². The van der Waals surface area contributed by atoms with Crippen LogP contribution in [0.3, 0.4) is 0 Å². The van der Waals surface area contributed by atoms with Crippen molar-refractivity contribution in [2.45, 2.75) is 79.8 Å². The second kappa shape index (κ2) is 8.67. The largest absolute Gasteiger partial charge is 0.373 e. The molecule has 0 radical (unpaired) electrons. The average molecular weight is 651 g/mol. The van der Waals surface area contributed by atoms with Gasteiger partial charge in [-0.1, -0.05) is 65.8 Å². The third kappa shape index (κ3) is 2.76. The fourth-order valence-electron chi connectivity index (χ4n) is 15.2. The first-order valence-corrected chi connectivity index (χ1v) is 19.0. The van der Waals surface area contributed by atoms with E-state index in [0.29, 0.717) is 36.3 Å². The van der Waals surface area contributed by atoms with Crippen LogP contribution in [-0.4, -0.2) is 84.2 Å². The molecular weight excluding hydrogens is 608 g/mol. The average Bonchev–Trinajstić information content (AvgIpc) is 3.82. The van der Waals surface area contributed by atoms with Gasteiger partial charge in [0.2, 0.25) is 5.91 Å². The lowest BCUT2D eigenvalue weighted by Gasteiger charge is -2.61. The molecule has 0 N–H and O–H groups in total. The number of ether oxygens (including phenoxy) is 1. The molecule has 7 heteroatoms. The van der Waals surface area contributed by atoms with Crippen LogP contribution in [0.25, 0.3) is 0 Å². The number of rotatable bonds is 1.